The highest BCUT2D eigenvalue weighted by Gasteiger charge is 2.23. The van der Waals surface area contributed by atoms with Gasteiger partial charge in [-0.25, -0.2) is 9.59 Å². The molecule has 1 atom stereocenters. The summed E-state index contributed by atoms with van der Waals surface area (Å²) >= 11 is 4.55. The van der Waals surface area contributed by atoms with E-state index < -0.39 is 23.7 Å². The highest BCUT2D eigenvalue weighted by atomic mass is 35.5. The quantitative estimate of drug-likeness (QED) is 0.736. The second-order valence-corrected chi connectivity index (χ2v) is 5.59. The van der Waals surface area contributed by atoms with Crippen molar-refractivity contribution in [3.05, 3.63) is 35.9 Å². The minimum absolute atomic E-state index is 0.218. The van der Waals surface area contributed by atoms with Gasteiger partial charge in [-0.1, -0.05) is 41.9 Å². The predicted molar refractivity (Wildman–Crippen MR) is 83.9 cm³/mol. The molecular formula is C15H22ClNO5. The number of alkyl carbamates (subject to hydrolysis) is 1. The number of carboxylic acid groups (broad SMARTS) is 1. The van der Waals surface area contributed by atoms with Crippen LogP contribution in [0.1, 0.15) is 26.3 Å². The number of rotatable bonds is 4. The number of carbonyl (C=O) groups excluding carboxylic acids is 1. The molecule has 0 bridgehead atoms. The van der Waals surface area contributed by atoms with Gasteiger partial charge in [0.15, 0.2) is 0 Å². The molecule has 0 aliphatic rings. The van der Waals surface area contributed by atoms with Crippen LogP contribution < -0.4 is 5.32 Å². The van der Waals surface area contributed by atoms with Gasteiger partial charge in [0, 0.05) is 6.42 Å². The Kier molecular flexibility index (Phi) is 9.21. The number of halogens is 1. The summed E-state index contributed by atoms with van der Waals surface area (Å²) in [5.74, 6) is -1.09. The summed E-state index contributed by atoms with van der Waals surface area (Å²) in [4.78, 5) is 22.7. The molecule has 0 aliphatic carbocycles. The van der Waals surface area contributed by atoms with E-state index in [4.69, 9.17) is 14.9 Å². The van der Waals surface area contributed by atoms with Crippen LogP contribution in [0.5, 0.6) is 0 Å². The van der Waals surface area contributed by atoms with E-state index in [1.54, 1.807) is 20.8 Å². The molecule has 0 heterocycles. The Balaban J connectivity index is 0.00000135. The van der Waals surface area contributed by atoms with Crippen molar-refractivity contribution in [3.8, 4) is 0 Å². The van der Waals surface area contributed by atoms with E-state index in [0.29, 0.717) is 0 Å². The molecule has 1 aromatic carbocycles. The van der Waals surface area contributed by atoms with Gasteiger partial charge in [-0.3, -0.25) is 0 Å². The number of alkyl halides is 1. The number of amides is 1. The summed E-state index contributed by atoms with van der Waals surface area (Å²) in [6.07, 6.45) is -0.508. The van der Waals surface area contributed by atoms with Crippen LogP contribution in [-0.4, -0.2) is 40.0 Å². The van der Waals surface area contributed by atoms with Crippen molar-refractivity contribution in [1.29, 1.82) is 0 Å². The fraction of sp³-hybridized carbons (Fsp3) is 0.467. The molecule has 6 nitrogen and oxygen atoms in total. The first-order chi connectivity index (χ1) is 10.2. The van der Waals surface area contributed by atoms with Crippen molar-refractivity contribution in [2.75, 3.05) is 6.07 Å². The molecule has 1 amide bonds. The van der Waals surface area contributed by atoms with Gasteiger partial charge in [0.25, 0.3) is 0 Å². The lowest BCUT2D eigenvalue weighted by Gasteiger charge is -2.22. The zero-order valence-electron chi connectivity index (χ0n) is 12.9. The minimum atomic E-state index is -1.09. The number of benzene rings is 1. The lowest BCUT2D eigenvalue weighted by atomic mass is 10.1. The van der Waals surface area contributed by atoms with E-state index in [9.17, 15) is 9.59 Å². The number of carboxylic acids is 1. The standard InChI is InChI=1S/C14H19NO4.CH3ClO/c1-14(2,3)19-13(18)15-11(12(16)17)9-10-7-5-4-6-8-10;2-1-3/h4-8,11H,9H2,1-3H3,(H,15,18)(H,16,17);3H,1H2/t11-;/m0./s1. The Morgan fingerprint density at radius 2 is 1.77 bits per heavy atom. The molecule has 7 heteroatoms. The molecule has 0 radical (unpaired) electrons. The Hall–Kier alpha value is -1.79. The van der Waals surface area contributed by atoms with Crippen molar-refractivity contribution in [1.82, 2.24) is 5.32 Å². The maximum atomic E-state index is 11.6. The van der Waals surface area contributed by atoms with Crippen LogP contribution in [0.2, 0.25) is 0 Å². The monoisotopic (exact) mass is 331 g/mol. The maximum Gasteiger partial charge on any atom is 0.408 e. The van der Waals surface area contributed by atoms with E-state index >= 15 is 0 Å². The third kappa shape index (κ3) is 10.0. The fourth-order valence-corrected chi connectivity index (χ4v) is 1.50. The van der Waals surface area contributed by atoms with E-state index in [1.807, 2.05) is 30.3 Å². The second-order valence-electron chi connectivity index (χ2n) is 5.35. The number of carbonyl (C=O) groups is 2. The fourth-order valence-electron chi connectivity index (χ4n) is 1.50. The van der Waals surface area contributed by atoms with E-state index in [-0.39, 0.29) is 12.5 Å². The number of hydrogen-bond donors (Lipinski definition) is 3. The SMILES string of the molecule is CC(C)(C)OC(=O)N[C@@H](Cc1ccccc1)C(=O)O.OCCl. The lowest BCUT2D eigenvalue weighted by Crippen LogP contribution is -2.44. The topological polar surface area (TPSA) is 95.9 Å². The third-order valence-corrected chi connectivity index (χ3v) is 2.27. The van der Waals surface area contributed by atoms with E-state index in [0.717, 1.165) is 5.56 Å². The first-order valence-electron chi connectivity index (χ1n) is 6.62. The average Bonchev–Trinajstić information content (AvgIpc) is 2.37. The van der Waals surface area contributed by atoms with Gasteiger partial charge in [0.2, 0.25) is 0 Å². The van der Waals surface area contributed by atoms with Crippen molar-refractivity contribution in [2.24, 2.45) is 0 Å². The molecule has 0 saturated carbocycles. The summed E-state index contributed by atoms with van der Waals surface area (Å²) in [6, 6.07) is 7.83. The number of aliphatic carboxylic acids is 1. The van der Waals surface area contributed by atoms with Crippen LogP contribution in [0.4, 0.5) is 4.79 Å². The normalized spacial score (nSPS) is 11.7. The Morgan fingerprint density at radius 1 is 1.27 bits per heavy atom. The molecule has 0 unspecified atom stereocenters. The van der Waals surface area contributed by atoms with Crippen LogP contribution >= 0.6 is 11.6 Å². The number of aliphatic hydroxyl groups excluding tert-OH is 1. The summed E-state index contributed by atoms with van der Waals surface area (Å²) in [7, 11) is 0. The summed E-state index contributed by atoms with van der Waals surface area (Å²) in [5, 5.41) is 18.8. The zero-order chi connectivity index (χ0) is 17.2. The molecule has 1 rings (SSSR count). The summed E-state index contributed by atoms with van der Waals surface area (Å²) in [5.41, 5.74) is 0.186. The highest BCUT2D eigenvalue weighted by Crippen LogP contribution is 2.08. The van der Waals surface area contributed by atoms with Crippen LogP contribution in [0.3, 0.4) is 0 Å². The van der Waals surface area contributed by atoms with E-state index in [1.165, 1.54) is 0 Å². The van der Waals surface area contributed by atoms with Gasteiger partial charge in [0.1, 0.15) is 17.7 Å². The molecule has 1 aromatic rings. The maximum absolute atomic E-state index is 11.6. The molecule has 3 N–H and O–H groups in total. The Bertz CT molecular complexity index is 459. The summed E-state index contributed by atoms with van der Waals surface area (Å²) < 4.78 is 5.04. The number of nitrogens with one attached hydrogen (secondary N) is 1. The van der Waals surface area contributed by atoms with Gasteiger partial charge in [-0.05, 0) is 26.3 Å². The molecule has 22 heavy (non-hydrogen) atoms. The summed E-state index contributed by atoms with van der Waals surface area (Å²) in [6.45, 7) is 5.17. The van der Waals surface area contributed by atoms with E-state index in [2.05, 4.69) is 16.9 Å². The minimum Gasteiger partial charge on any atom is -0.480 e. The Morgan fingerprint density at radius 3 is 2.18 bits per heavy atom. The molecule has 0 aromatic heterocycles. The molecule has 0 spiro atoms. The molecule has 0 saturated heterocycles. The predicted octanol–water partition coefficient (Wildman–Crippen LogP) is 2.38. The number of aliphatic hydroxyl groups is 1. The third-order valence-electron chi connectivity index (χ3n) is 2.27. The number of ether oxygens (including phenoxy) is 1. The van der Waals surface area contributed by atoms with Gasteiger partial charge in [-0.2, -0.15) is 0 Å². The van der Waals surface area contributed by atoms with Crippen LogP contribution in [-0.2, 0) is 16.0 Å². The van der Waals surface area contributed by atoms with Crippen molar-refractivity contribution in [2.45, 2.75) is 38.8 Å². The number of hydrogen-bond acceptors (Lipinski definition) is 4. The van der Waals surface area contributed by atoms with Crippen LogP contribution in [0.25, 0.3) is 0 Å². The van der Waals surface area contributed by atoms with Gasteiger partial charge in [0.05, 0.1) is 0 Å². The van der Waals surface area contributed by atoms with Crippen LogP contribution in [0, 0.1) is 0 Å². The zero-order valence-corrected chi connectivity index (χ0v) is 13.6. The van der Waals surface area contributed by atoms with Crippen molar-refractivity contribution in [3.63, 3.8) is 0 Å². The van der Waals surface area contributed by atoms with Gasteiger partial charge >= 0.3 is 12.1 Å². The first-order valence-corrected chi connectivity index (χ1v) is 7.16. The molecule has 0 aliphatic heterocycles. The molecule has 124 valence electrons. The first kappa shape index (κ1) is 20.2. The van der Waals surface area contributed by atoms with Gasteiger partial charge in [-0.15, -0.1) is 0 Å². The smallest absolute Gasteiger partial charge is 0.408 e. The average molecular weight is 332 g/mol. The highest BCUT2D eigenvalue weighted by molar-refractivity contribution is 6.16. The molecular weight excluding hydrogens is 310 g/mol. The van der Waals surface area contributed by atoms with Crippen molar-refractivity contribution >= 4 is 23.7 Å². The Labute approximate surface area is 135 Å². The van der Waals surface area contributed by atoms with Crippen LogP contribution in [0.15, 0.2) is 30.3 Å². The van der Waals surface area contributed by atoms with Crippen molar-refractivity contribution < 1.29 is 24.5 Å². The lowest BCUT2D eigenvalue weighted by molar-refractivity contribution is -0.139. The van der Waals surface area contributed by atoms with Gasteiger partial charge < -0.3 is 20.3 Å². The second kappa shape index (κ2) is 10.0. The molecule has 0 fully saturated rings. The largest absolute Gasteiger partial charge is 0.480 e.